The monoisotopic (exact) mass is 221 g/mol. The number of fused-ring (bicyclic) bond motifs is 1. The number of rotatable bonds is 2. The molecule has 0 saturated heterocycles. The molecule has 0 unspecified atom stereocenters. The molecule has 0 aliphatic carbocycles. The van der Waals surface area contributed by atoms with Gasteiger partial charge < -0.3 is 0 Å². The second-order valence-electron chi connectivity index (χ2n) is 4.61. The van der Waals surface area contributed by atoms with Crippen molar-refractivity contribution in [1.82, 2.24) is 14.6 Å². The summed E-state index contributed by atoms with van der Waals surface area (Å²) < 4.78 is 15.8. The molecule has 2 heterocycles. The van der Waals surface area contributed by atoms with Crippen LogP contribution in [0.5, 0.6) is 0 Å². The van der Waals surface area contributed by atoms with Crippen LogP contribution in [0.15, 0.2) is 12.3 Å². The van der Waals surface area contributed by atoms with Crippen molar-refractivity contribution in [3.63, 3.8) is 0 Å². The van der Waals surface area contributed by atoms with Gasteiger partial charge in [0.25, 0.3) is 0 Å². The molecule has 2 aromatic rings. The van der Waals surface area contributed by atoms with Gasteiger partial charge in [0, 0.05) is 6.07 Å². The molecular weight excluding hydrogens is 205 g/mol. The standard InChI is InChI=1S/C12H16FN3/c1-7(2)11-10(13)12(8(3)4)16-9(15-11)5-6-14-16/h5-8H,1-4H3. The number of nitrogens with zero attached hydrogens (tertiary/aromatic N) is 3. The Bertz CT molecular complexity index is 514. The molecule has 16 heavy (non-hydrogen) atoms. The van der Waals surface area contributed by atoms with Crippen molar-refractivity contribution in [3.05, 3.63) is 29.5 Å². The molecule has 86 valence electrons. The summed E-state index contributed by atoms with van der Waals surface area (Å²) >= 11 is 0. The second-order valence-corrected chi connectivity index (χ2v) is 4.61. The minimum absolute atomic E-state index is 0.0809. The first-order valence-corrected chi connectivity index (χ1v) is 5.55. The predicted octanol–water partition coefficient (Wildman–Crippen LogP) is 3.12. The third-order valence-corrected chi connectivity index (χ3v) is 2.63. The molecule has 0 fully saturated rings. The molecule has 0 aliphatic rings. The maximum Gasteiger partial charge on any atom is 0.166 e. The summed E-state index contributed by atoms with van der Waals surface area (Å²) in [4.78, 5) is 4.30. The lowest BCUT2D eigenvalue weighted by Gasteiger charge is -2.14. The van der Waals surface area contributed by atoms with Crippen molar-refractivity contribution in [3.8, 4) is 0 Å². The minimum Gasteiger partial charge on any atom is -0.230 e. The molecule has 3 nitrogen and oxygen atoms in total. The van der Waals surface area contributed by atoms with Gasteiger partial charge in [-0.15, -0.1) is 0 Å². The Morgan fingerprint density at radius 2 is 1.88 bits per heavy atom. The van der Waals surface area contributed by atoms with Crippen LogP contribution in [-0.4, -0.2) is 14.6 Å². The molecular formula is C12H16FN3. The molecule has 0 amide bonds. The molecule has 0 radical (unpaired) electrons. The van der Waals surface area contributed by atoms with Gasteiger partial charge >= 0.3 is 0 Å². The molecule has 0 saturated carbocycles. The van der Waals surface area contributed by atoms with Gasteiger partial charge in [-0.1, -0.05) is 27.7 Å². The Labute approximate surface area is 94.3 Å². The van der Waals surface area contributed by atoms with E-state index in [0.717, 1.165) is 0 Å². The normalized spacial score (nSPS) is 11.9. The van der Waals surface area contributed by atoms with E-state index in [9.17, 15) is 4.39 Å². The van der Waals surface area contributed by atoms with E-state index in [4.69, 9.17) is 0 Å². The average molecular weight is 221 g/mol. The fourth-order valence-corrected chi connectivity index (χ4v) is 1.84. The summed E-state index contributed by atoms with van der Waals surface area (Å²) in [7, 11) is 0. The highest BCUT2D eigenvalue weighted by atomic mass is 19.1. The number of halogens is 1. The van der Waals surface area contributed by atoms with Crippen LogP contribution in [-0.2, 0) is 0 Å². The summed E-state index contributed by atoms with van der Waals surface area (Å²) in [5.41, 5.74) is 1.85. The first kappa shape index (κ1) is 11.0. The Morgan fingerprint density at radius 3 is 2.44 bits per heavy atom. The Kier molecular flexibility index (Phi) is 2.66. The minimum atomic E-state index is -0.221. The Hall–Kier alpha value is -1.45. The van der Waals surface area contributed by atoms with Crippen molar-refractivity contribution < 1.29 is 4.39 Å². The molecule has 2 aromatic heterocycles. The van der Waals surface area contributed by atoms with E-state index in [0.29, 0.717) is 17.0 Å². The summed E-state index contributed by atoms with van der Waals surface area (Å²) in [5.74, 6) is -0.0542. The van der Waals surface area contributed by atoms with Gasteiger partial charge in [-0.25, -0.2) is 13.9 Å². The maximum atomic E-state index is 14.3. The summed E-state index contributed by atoms with van der Waals surface area (Å²) in [5, 5.41) is 4.12. The lowest BCUT2D eigenvalue weighted by atomic mass is 10.0. The lowest BCUT2D eigenvalue weighted by Crippen LogP contribution is -2.11. The van der Waals surface area contributed by atoms with E-state index < -0.39 is 0 Å². The van der Waals surface area contributed by atoms with Gasteiger partial charge in [0.2, 0.25) is 0 Å². The number of hydrogen-bond acceptors (Lipinski definition) is 2. The number of hydrogen-bond donors (Lipinski definition) is 0. The first-order chi connectivity index (χ1) is 7.52. The van der Waals surface area contributed by atoms with Crippen molar-refractivity contribution in [2.24, 2.45) is 0 Å². The zero-order valence-corrected chi connectivity index (χ0v) is 10.0. The predicted molar refractivity (Wildman–Crippen MR) is 61.1 cm³/mol. The highest BCUT2D eigenvalue weighted by molar-refractivity contribution is 5.41. The molecule has 4 heteroatoms. The van der Waals surface area contributed by atoms with Gasteiger partial charge in [-0.05, 0) is 11.8 Å². The summed E-state index contributed by atoms with van der Waals surface area (Å²) in [6.07, 6.45) is 1.65. The summed E-state index contributed by atoms with van der Waals surface area (Å²) in [6.45, 7) is 7.82. The van der Waals surface area contributed by atoms with Crippen molar-refractivity contribution >= 4 is 5.65 Å². The topological polar surface area (TPSA) is 30.2 Å². The van der Waals surface area contributed by atoms with Crippen molar-refractivity contribution in [2.75, 3.05) is 0 Å². The molecule has 0 bridgehead atoms. The lowest BCUT2D eigenvalue weighted by molar-refractivity contribution is 0.535. The van der Waals surface area contributed by atoms with Crippen molar-refractivity contribution in [1.29, 1.82) is 0 Å². The highest BCUT2D eigenvalue weighted by Crippen LogP contribution is 2.25. The average Bonchev–Trinajstić information content (AvgIpc) is 2.62. The van der Waals surface area contributed by atoms with Gasteiger partial charge in [-0.3, -0.25) is 0 Å². The molecule has 0 atom stereocenters. The van der Waals surface area contributed by atoms with Crippen LogP contribution in [0.4, 0.5) is 4.39 Å². The fraction of sp³-hybridized carbons (Fsp3) is 0.500. The zero-order valence-electron chi connectivity index (χ0n) is 10.0. The SMILES string of the molecule is CC(C)c1nc2ccnn2c(C(C)C)c1F. The number of aromatic nitrogens is 3. The Balaban J connectivity index is 2.81. The molecule has 0 aliphatic heterocycles. The molecule has 0 N–H and O–H groups in total. The van der Waals surface area contributed by atoms with Crippen LogP contribution in [0.1, 0.15) is 50.9 Å². The Morgan fingerprint density at radius 1 is 1.19 bits per heavy atom. The molecule has 0 aromatic carbocycles. The van der Waals surface area contributed by atoms with E-state index in [1.54, 1.807) is 16.8 Å². The smallest absolute Gasteiger partial charge is 0.166 e. The first-order valence-electron chi connectivity index (χ1n) is 5.55. The van der Waals surface area contributed by atoms with Gasteiger partial charge in [-0.2, -0.15) is 5.10 Å². The third kappa shape index (κ3) is 1.58. The quantitative estimate of drug-likeness (QED) is 0.780. The van der Waals surface area contributed by atoms with Crippen LogP contribution in [0.2, 0.25) is 0 Å². The molecule has 0 spiro atoms. The van der Waals surface area contributed by atoms with E-state index in [-0.39, 0.29) is 17.7 Å². The van der Waals surface area contributed by atoms with E-state index >= 15 is 0 Å². The maximum absolute atomic E-state index is 14.3. The zero-order chi connectivity index (χ0) is 11.9. The van der Waals surface area contributed by atoms with Crippen molar-refractivity contribution in [2.45, 2.75) is 39.5 Å². The second kappa shape index (κ2) is 3.85. The van der Waals surface area contributed by atoms with Crippen LogP contribution >= 0.6 is 0 Å². The third-order valence-electron chi connectivity index (χ3n) is 2.63. The van der Waals surface area contributed by atoms with E-state index in [1.165, 1.54) is 0 Å². The van der Waals surface area contributed by atoms with Gasteiger partial charge in [0.05, 0.1) is 17.6 Å². The fourth-order valence-electron chi connectivity index (χ4n) is 1.84. The van der Waals surface area contributed by atoms with Crippen LogP contribution in [0.3, 0.4) is 0 Å². The van der Waals surface area contributed by atoms with E-state index in [1.807, 2.05) is 27.7 Å². The van der Waals surface area contributed by atoms with Crippen LogP contribution < -0.4 is 0 Å². The van der Waals surface area contributed by atoms with Gasteiger partial charge in [0.15, 0.2) is 11.5 Å². The largest absolute Gasteiger partial charge is 0.230 e. The molecule has 2 rings (SSSR count). The van der Waals surface area contributed by atoms with Gasteiger partial charge in [0.1, 0.15) is 0 Å². The van der Waals surface area contributed by atoms with Crippen LogP contribution in [0.25, 0.3) is 5.65 Å². The highest BCUT2D eigenvalue weighted by Gasteiger charge is 2.19. The van der Waals surface area contributed by atoms with Crippen LogP contribution in [0, 0.1) is 5.82 Å². The summed E-state index contributed by atoms with van der Waals surface area (Å²) in [6, 6.07) is 1.80. The van der Waals surface area contributed by atoms with E-state index in [2.05, 4.69) is 10.1 Å².